The molecule has 2 amide bonds. The number of fused-ring (bicyclic) bond motifs is 1. The van der Waals surface area contributed by atoms with E-state index in [-0.39, 0.29) is 30.7 Å². The van der Waals surface area contributed by atoms with Gasteiger partial charge in [-0.3, -0.25) is 9.59 Å². The highest BCUT2D eigenvalue weighted by molar-refractivity contribution is 6.01. The van der Waals surface area contributed by atoms with Crippen molar-refractivity contribution in [3.63, 3.8) is 0 Å². The zero-order valence-corrected chi connectivity index (χ0v) is 21.6. The molecule has 1 N–H and O–H groups in total. The molecule has 1 saturated carbocycles. The molecule has 0 unspecified atom stereocenters. The van der Waals surface area contributed by atoms with E-state index in [4.69, 9.17) is 0 Å². The number of carbonyl (C=O) groups excluding carboxylic acids is 2. The third kappa shape index (κ3) is 5.09. The molecule has 4 aromatic rings. The first-order valence-corrected chi connectivity index (χ1v) is 12.8. The lowest BCUT2D eigenvalue weighted by atomic mass is 9.92. The van der Waals surface area contributed by atoms with E-state index >= 15 is 0 Å². The molecule has 3 aromatic carbocycles. The topological polar surface area (TPSA) is 83.4 Å². The smallest absolute Gasteiger partial charge is 0.250 e. The molecule has 1 aromatic heterocycles. The van der Waals surface area contributed by atoms with Crippen molar-refractivity contribution in [3.05, 3.63) is 84.2 Å². The van der Waals surface area contributed by atoms with Crippen LogP contribution in [0, 0.1) is 5.82 Å². The fourth-order valence-electron chi connectivity index (χ4n) is 5.17. The molecule has 1 fully saturated rings. The van der Waals surface area contributed by atoms with Crippen molar-refractivity contribution >= 4 is 34.2 Å². The predicted molar refractivity (Wildman–Crippen MR) is 145 cm³/mol. The minimum absolute atomic E-state index is 0.0612. The summed E-state index contributed by atoms with van der Waals surface area (Å²) < 4.78 is 15.2. The summed E-state index contributed by atoms with van der Waals surface area (Å²) in [6.07, 6.45) is 2.73. The van der Waals surface area contributed by atoms with Gasteiger partial charge in [0.15, 0.2) is 0 Å². The lowest BCUT2D eigenvalue weighted by Crippen LogP contribution is -2.57. The largest absolute Gasteiger partial charge is 0.378 e. The van der Waals surface area contributed by atoms with E-state index in [1.165, 1.54) is 12.1 Å². The third-order valence-electron chi connectivity index (χ3n) is 7.27. The third-order valence-corrected chi connectivity index (χ3v) is 7.27. The zero-order valence-electron chi connectivity index (χ0n) is 21.6. The van der Waals surface area contributed by atoms with Gasteiger partial charge in [-0.15, -0.1) is 5.10 Å². The molecule has 0 atom stereocenters. The number of nitrogens with zero attached hydrogens (tertiary/aromatic N) is 5. The van der Waals surface area contributed by atoms with Crippen LogP contribution in [0.25, 0.3) is 11.0 Å². The first-order valence-electron chi connectivity index (χ1n) is 12.8. The number of aromatic nitrogens is 3. The highest BCUT2D eigenvalue weighted by Gasteiger charge is 2.48. The SMILES string of the molecule is CN(C)c1ccc(NC(=O)C2(N(Cc3ccc(F)cc3)C(=O)Cn3nnc4ccccc43)CCCC2)cc1. The number of hydrogen-bond acceptors (Lipinski definition) is 5. The maximum Gasteiger partial charge on any atom is 0.250 e. The number of anilines is 2. The maximum absolute atomic E-state index is 14.0. The molecule has 0 saturated heterocycles. The van der Waals surface area contributed by atoms with Gasteiger partial charge >= 0.3 is 0 Å². The van der Waals surface area contributed by atoms with Crippen LogP contribution in [0.15, 0.2) is 72.8 Å². The van der Waals surface area contributed by atoms with Crippen LogP contribution in [0.3, 0.4) is 0 Å². The van der Waals surface area contributed by atoms with Crippen LogP contribution < -0.4 is 10.2 Å². The molecular formula is C29H31FN6O2. The van der Waals surface area contributed by atoms with Crippen molar-refractivity contribution in [2.24, 2.45) is 0 Å². The van der Waals surface area contributed by atoms with E-state index in [0.717, 1.165) is 29.6 Å². The average Bonchev–Trinajstić information content (AvgIpc) is 3.57. The van der Waals surface area contributed by atoms with Crippen LogP contribution in [-0.4, -0.2) is 51.3 Å². The number of halogens is 1. The van der Waals surface area contributed by atoms with E-state index in [0.29, 0.717) is 24.0 Å². The molecule has 0 bridgehead atoms. The summed E-state index contributed by atoms with van der Waals surface area (Å²) in [6, 6.07) is 21.1. The summed E-state index contributed by atoms with van der Waals surface area (Å²) in [5.74, 6) is -0.813. The fraction of sp³-hybridized carbons (Fsp3) is 0.310. The summed E-state index contributed by atoms with van der Waals surface area (Å²) in [5.41, 5.74) is 2.84. The Morgan fingerprint density at radius 2 is 1.66 bits per heavy atom. The molecule has 9 heteroatoms. The minimum Gasteiger partial charge on any atom is -0.378 e. The highest BCUT2D eigenvalue weighted by atomic mass is 19.1. The summed E-state index contributed by atoms with van der Waals surface area (Å²) >= 11 is 0. The molecular weight excluding hydrogens is 483 g/mol. The van der Waals surface area contributed by atoms with Crippen LogP contribution in [0.5, 0.6) is 0 Å². The van der Waals surface area contributed by atoms with Gasteiger partial charge in [0, 0.05) is 32.0 Å². The number of rotatable bonds is 8. The molecule has 1 aliphatic rings. The molecule has 0 aliphatic heterocycles. The second-order valence-corrected chi connectivity index (χ2v) is 9.98. The van der Waals surface area contributed by atoms with E-state index in [1.54, 1.807) is 21.7 Å². The van der Waals surface area contributed by atoms with Crippen molar-refractivity contribution < 1.29 is 14.0 Å². The first-order chi connectivity index (χ1) is 18.4. The van der Waals surface area contributed by atoms with Crippen molar-refractivity contribution in [3.8, 4) is 0 Å². The normalized spacial score (nSPS) is 14.4. The van der Waals surface area contributed by atoms with Crippen LogP contribution in [0.4, 0.5) is 15.8 Å². The highest BCUT2D eigenvalue weighted by Crippen LogP contribution is 2.38. The van der Waals surface area contributed by atoms with Gasteiger partial charge in [-0.2, -0.15) is 0 Å². The molecule has 1 aliphatic carbocycles. The monoisotopic (exact) mass is 514 g/mol. The molecule has 0 spiro atoms. The Morgan fingerprint density at radius 1 is 0.974 bits per heavy atom. The minimum atomic E-state index is -1.04. The van der Waals surface area contributed by atoms with Crippen LogP contribution >= 0.6 is 0 Å². The molecule has 196 valence electrons. The number of hydrogen-bond donors (Lipinski definition) is 1. The summed E-state index contributed by atoms with van der Waals surface area (Å²) in [6.45, 7) is 0.118. The predicted octanol–water partition coefficient (Wildman–Crippen LogP) is 4.62. The number of benzene rings is 3. The molecule has 1 heterocycles. The van der Waals surface area contributed by atoms with E-state index in [9.17, 15) is 14.0 Å². The van der Waals surface area contributed by atoms with Crippen molar-refractivity contribution in [2.45, 2.75) is 44.3 Å². The maximum atomic E-state index is 14.0. The zero-order chi connectivity index (χ0) is 26.7. The molecule has 38 heavy (non-hydrogen) atoms. The Kier molecular flexibility index (Phi) is 7.09. The van der Waals surface area contributed by atoms with Crippen LogP contribution in [-0.2, 0) is 22.7 Å². The van der Waals surface area contributed by atoms with E-state index in [2.05, 4.69) is 15.6 Å². The summed E-state index contributed by atoms with van der Waals surface area (Å²) in [5, 5.41) is 11.4. The number of carbonyl (C=O) groups is 2. The summed E-state index contributed by atoms with van der Waals surface area (Å²) in [4.78, 5) is 31.6. The van der Waals surface area contributed by atoms with Crippen LogP contribution in [0.1, 0.15) is 31.2 Å². The fourth-order valence-corrected chi connectivity index (χ4v) is 5.17. The van der Waals surface area contributed by atoms with Gasteiger partial charge in [-0.05, 0) is 66.9 Å². The molecule has 8 nitrogen and oxygen atoms in total. The van der Waals surface area contributed by atoms with Gasteiger partial charge in [0.1, 0.15) is 23.4 Å². The standard InChI is InChI=1S/C29H31FN6O2/c1-34(2)24-15-13-23(14-16-24)31-28(38)29(17-5-6-18-29)35(19-21-9-11-22(30)12-10-21)27(37)20-36-26-8-4-3-7-25(26)32-33-36/h3-4,7-16H,5-6,17-20H2,1-2H3,(H,31,38). The van der Waals surface area contributed by atoms with Crippen molar-refractivity contribution in [2.75, 3.05) is 24.3 Å². The van der Waals surface area contributed by atoms with E-state index in [1.807, 2.05) is 67.5 Å². The quantitative estimate of drug-likeness (QED) is 0.371. The van der Waals surface area contributed by atoms with Gasteiger partial charge < -0.3 is 15.1 Å². The van der Waals surface area contributed by atoms with Crippen molar-refractivity contribution in [1.29, 1.82) is 0 Å². The van der Waals surface area contributed by atoms with Crippen LogP contribution in [0.2, 0.25) is 0 Å². The second-order valence-electron chi connectivity index (χ2n) is 9.98. The Morgan fingerprint density at radius 3 is 2.34 bits per heavy atom. The van der Waals surface area contributed by atoms with E-state index < -0.39 is 5.54 Å². The number of amides is 2. The molecule has 0 radical (unpaired) electrons. The van der Waals surface area contributed by atoms with Gasteiger partial charge in [0.05, 0.1) is 5.52 Å². The van der Waals surface area contributed by atoms with Gasteiger partial charge in [0.25, 0.3) is 0 Å². The molecule has 5 rings (SSSR count). The Hall–Kier alpha value is -4.27. The Labute approximate surface area is 221 Å². The first kappa shape index (κ1) is 25.4. The Balaban J connectivity index is 1.47. The number of para-hydroxylation sites is 1. The Bertz CT molecular complexity index is 1430. The summed E-state index contributed by atoms with van der Waals surface area (Å²) in [7, 11) is 3.91. The average molecular weight is 515 g/mol. The lowest BCUT2D eigenvalue weighted by molar-refractivity contribution is -0.147. The second kappa shape index (κ2) is 10.6. The van der Waals surface area contributed by atoms with Gasteiger partial charge in [-0.1, -0.05) is 42.3 Å². The van der Waals surface area contributed by atoms with Crippen molar-refractivity contribution in [1.82, 2.24) is 19.9 Å². The van der Waals surface area contributed by atoms with Gasteiger partial charge in [-0.25, -0.2) is 9.07 Å². The number of nitrogens with one attached hydrogen (secondary N) is 1. The lowest BCUT2D eigenvalue weighted by Gasteiger charge is -2.40. The van der Waals surface area contributed by atoms with Gasteiger partial charge in [0.2, 0.25) is 11.8 Å².